The topological polar surface area (TPSA) is 42.0 Å². The smallest absolute Gasteiger partial charge is 0.225 e. The van der Waals surface area contributed by atoms with Crippen LogP contribution in [0.2, 0.25) is 0 Å². The second kappa shape index (κ2) is 7.22. The molecule has 0 aromatic carbocycles. The quantitative estimate of drug-likeness (QED) is 0.747. The molecular formula is C14H26N2O3. The van der Waals surface area contributed by atoms with E-state index in [9.17, 15) is 4.79 Å². The number of rotatable bonds is 3. The van der Waals surface area contributed by atoms with Crippen molar-refractivity contribution in [3.8, 4) is 0 Å². The Balaban J connectivity index is 1.91. The molecule has 1 amide bonds. The van der Waals surface area contributed by atoms with Gasteiger partial charge in [0.1, 0.15) is 0 Å². The second-order valence-electron chi connectivity index (χ2n) is 5.87. The Morgan fingerprint density at radius 1 is 1.21 bits per heavy atom. The zero-order chi connectivity index (χ0) is 13.7. The van der Waals surface area contributed by atoms with Gasteiger partial charge in [-0.25, -0.2) is 0 Å². The van der Waals surface area contributed by atoms with Gasteiger partial charge in [-0.3, -0.25) is 4.79 Å². The molecule has 0 N–H and O–H groups in total. The summed E-state index contributed by atoms with van der Waals surface area (Å²) in [5.41, 5.74) is 0. The third-order valence-corrected chi connectivity index (χ3v) is 3.84. The van der Waals surface area contributed by atoms with E-state index in [4.69, 9.17) is 9.47 Å². The predicted molar refractivity (Wildman–Crippen MR) is 73.0 cm³/mol. The highest BCUT2D eigenvalue weighted by molar-refractivity contribution is 5.79. The van der Waals surface area contributed by atoms with Crippen molar-refractivity contribution in [3.63, 3.8) is 0 Å². The monoisotopic (exact) mass is 270 g/mol. The Morgan fingerprint density at radius 3 is 2.63 bits per heavy atom. The van der Waals surface area contributed by atoms with Crippen LogP contribution in [0.25, 0.3) is 0 Å². The Bertz CT molecular complexity index is 290. The minimum absolute atomic E-state index is 0.159. The zero-order valence-electron chi connectivity index (χ0n) is 12.1. The van der Waals surface area contributed by atoms with Crippen LogP contribution in [0.5, 0.6) is 0 Å². The maximum atomic E-state index is 12.5. The average molecular weight is 270 g/mol. The van der Waals surface area contributed by atoms with Crippen LogP contribution in [0, 0.1) is 11.8 Å². The largest absolute Gasteiger partial charge is 0.381 e. The Hall–Kier alpha value is -0.650. The van der Waals surface area contributed by atoms with Gasteiger partial charge in [0.25, 0.3) is 0 Å². The lowest BCUT2D eigenvalue weighted by molar-refractivity contribution is -0.139. The van der Waals surface area contributed by atoms with E-state index >= 15 is 0 Å². The number of hydrogen-bond donors (Lipinski definition) is 0. The second-order valence-corrected chi connectivity index (χ2v) is 5.87. The first-order valence-electron chi connectivity index (χ1n) is 7.26. The highest BCUT2D eigenvalue weighted by Gasteiger charge is 2.29. The van der Waals surface area contributed by atoms with E-state index in [1.165, 1.54) is 0 Å². The van der Waals surface area contributed by atoms with Crippen LogP contribution in [0.15, 0.2) is 0 Å². The fourth-order valence-electron chi connectivity index (χ4n) is 2.91. The maximum Gasteiger partial charge on any atom is 0.225 e. The van der Waals surface area contributed by atoms with Gasteiger partial charge in [-0.2, -0.15) is 0 Å². The summed E-state index contributed by atoms with van der Waals surface area (Å²) in [5.74, 6) is 0.880. The summed E-state index contributed by atoms with van der Waals surface area (Å²) in [5, 5.41) is 0. The summed E-state index contributed by atoms with van der Waals surface area (Å²) in [7, 11) is 4.13. The van der Waals surface area contributed by atoms with E-state index in [2.05, 4.69) is 19.0 Å². The number of carbonyl (C=O) groups is 1. The maximum absolute atomic E-state index is 12.5. The van der Waals surface area contributed by atoms with Gasteiger partial charge >= 0.3 is 0 Å². The van der Waals surface area contributed by atoms with Crippen LogP contribution in [-0.2, 0) is 14.3 Å². The van der Waals surface area contributed by atoms with Gasteiger partial charge < -0.3 is 19.3 Å². The van der Waals surface area contributed by atoms with Crippen LogP contribution >= 0.6 is 0 Å². The first-order chi connectivity index (χ1) is 9.16. The molecule has 0 bridgehead atoms. The number of nitrogens with zero attached hydrogens (tertiary/aromatic N) is 2. The van der Waals surface area contributed by atoms with E-state index < -0.39 is 0 Å². The molecule has 2 rings (SSSR count). The van der Waals surface area contributed by atoms with Gasteiger partial charge in [0.05, 0.1) is 13.2 Å². The average Bonchev–Trinajstić information content (AvgIpc) is 2.64. The molecule has 2 aliphatic rings. The molecule has 0 unspecified atom stereocenters. The zero-order valence-corrected chi connectivity index (χ0v) is 12.1. The van der Waals surface area contributed by atoms with Crippen molar-refractivity contribution in [2.24, 2.45) is 11.8 Å². The number of carbonyl (C=O) groups excluding carboxylic acids is 1. The summed E-state index contributed by atoms with van der Waals surface area (Å²) >= 11 is 0. The summed E-state index contributed by atoms with van der Waals surface area (Å²) in [4.78, 5) is 16.7. The Labute approximate surface area is 115 Å². The lowest BCUT2D eigenvalue weighted by atomic mass is 9.98. The highest BCUT2D eigenvalue weighted by Crippen LogP contribution is 2.19. The van der Waals surface area contributed by atoms with Crippen LogP contribution in [0.4, 0.5) is 0 Å². The molecule has 0 spiro atoms. The van der Waals surface area contributed by atoms with Crippen molar-refractivity contribution < 1.29 is 14.3 Å². The number of ether oxygens (including phenoxy) is 2. The molecule has 0 aromatic heterocycles. The number of amides is 1. The standard InChI is InChI=1S/C14H26N2O3/c1-15(2)9-12-10-16(5-8-19-11-12)14(17)13-3-6-18-7-4-13/h12-13H,3-11H2,1-2H3/t12-/m1/s1. The molecule has 0 saturated carbocycles. The van der Waals surface area contributed by atoms with E-state index in [1.807, 2.05) is 4.90 Å². The SMILES string of the molecule is CN(C)C[C@H]1COCCN(C(=O)C2CCOCC2)C1. The minimum Gasteiger partial charge on any atom is -0.381 e. The minimum atomic E-state index is 0.159. The molecule has 5 heteroatoms. The molecule has 0 aliphatic carbocycles. The Morgan fingerprint density at radius 2 is 1.95 bits per heavy atom. The van der Waals surface area contributed by atoms with Crippen molar-refractivity contribution in [2.45, 2.75) is 12.8 Å². The molecule has 110 valence electrons. The molecule has 19 heavy (non-hydrogen) atoms. The van der Waals surface area contributed by atoms with Crippen LogP contribution in [0.1, 0.15) is 12.8 Å². The van der Waals surface area contributed by atoms with Crippen molar-refractivity contribution >= 4 is 5.91 Å². The molecule has 2 aliphatic heterocycles. The molecule has 2 heterocycles. The van der Waals surface area contributed by atoms with Gasteiger partial charge in [0.2, 0.25) is 5.91 Å². The van der Waals surface area contributed by atoms with E-state index in [-0.39, 0.29) is 5.92 Å². The first-order valence-corrected chi connectivity index (χ1v) is 7.26. The highest BCUT2D eigenvalue weighted by atomic mass is 16.5. The summed E-state index contributed by atoms with van der Waals surface area (Å²) in [6.07, 6.45) is 1.74. The molecule has 5 nitrogen and oxygen atoms in total. The summed E-state index contributed by atoms with van der Waals surface area (Å²) in [6, 6.07) is 0. The van der Waals surface area contributed by atoms with Crippen LogP contribution in [-0.4, -0.2) is 75.9 Å². The lowest BCUT2D eigenvalue weighted by Gasteiger charge is -2.30. The fraction of sp³-hybridized carbons (Fsp3) is 0.929. The summed E-state index contributed by atoms with van der Waals surface area (Å²) in [6.45, 7) is 5.41. The Kier molecular flexibility index (Phi) is 5.60. The van der Waals surface area contributed by atoms with Crippen molar-refractivity contribution in [1.29, 1.82) is 0 Å². The van der Waals surface area contributed by atoms with Crippen LogP contribution in [0.3, 0.4) is 0 Å². The van der Waals surface area contributed by atoms with E-state index in [0.717, 1.165) is 52.3 Å². The van der Waals surface area contributed by atoms with E-state index in [1.54, 1.807) is 0 Å². The number of hydrogen-bond acceptors (Lipinski definition) is 4. The van der Waals surface area contributed by atoms with Crippen LogP contribution < -0.4 is 0 Å². The molecule has 2 saturated heterocycles. The summed E-state index contributed by atoms with van der Waals surface area (Å²) < 4.78 is 11.0. The molecule has 0 aromatic rings. The van der Waals surface area contributed by atoms with Gasteiger partial charge in [-0.1, -0.05) is 0 Å². The fourth-order valence-corrected chi connectivity index (χ4v) is 2.91. The van der Waals surface area contributed by atoms with E-state index in [0.29, 0.717) is 18.4 Å². The van der Waals surface area contributed by atoms with Gasteiger partial charge in [0.15, 0.2) is 0 Å². The van der Waals surface area contributed by atoms with Crippen molar-refractivity contribution in [2.75, 3.05) is 60.2 Å². The van der Waals surface area contributed by atoms with Crippen molar-refractivity contribution in [3.05, 3.63) is 0 Å². The predicted octanol–water partition coefficient (Wildman–Crippen LogP) is 0.450. The van der Waals surface area contributed by atoms with Crippen molar-refractivity contribution in [1.82, 2.24) is 9.80 Å². The molecule has 2 fully saturated rings. The molecular weight excluding hydrogens is 244 g/mol. The molecule has 1 atom stereocenters. The third kappa shape index (κ3) is 4.44. The first kappa shape index (κ1) is 14.8. The molecule has 0 radical (unpaired) electrons. The van der Waals surface area contributed by atoms with Gasteiger partial charge in [-0.15, -0.1) is 0 Å². The van der Waals surface area contributed by atoms with Gasteiger partial charge in [0, 0.05) is 44.7 Å². The van der Waals surface area contributed by atoms with Gasteiger partial charge in [-0.05, 0) is 26.9 Å². The normalized spacial score (nSPS) is 26.5. The lowest BCUT2D eigenvalue weighted by Crippen LogP contribution is -2.43. The third-order valence-electron chi connectivity index (χ3n) is 3.84.